The van der Waals surface area contributed by atoms with E-state index in [9.17, 15) is 19.8 Å². The number of aliphatic hydroxyl groups is 1. The zero-order chi connectivity index (χ0) is 25.8. The summed E-state index contributed by atoms with van der Waals surface area (Å²) in [5.41, 5.74) is 3.28. The van der Waals surface area contributed by atoms with Crippen LogP contribution in [0.3, 0.4) is 0 Å². The van der Waals surface area contributed by atoms with Gasteiger partial charge in [-0.1, -0.05) is 36.4 Å². The average Bonchev–Trinajstić information content (AvgIpc) is 3.12. The van der Waals surface area contributed by atoms with Gasteiger partial charge in [0, 0.05) is 18.7 Å². The number of likely N-dealkylation sites (N-methyl/N-ethyl adjacent to an activating group) is 1. The maximum absolute atomic E-state index is 13.1. The van der Waals surface area contributed by atoms with Crippen molar-refractivity contribution in [3.8, 4) is 11.5 Å². The minimum atomic E-state index is -0.762. The average molecular weight is 487 g/mol. The molecular formula is C29H30N2O5. The minimum absolute atomic E-state index is 0.0259. The Morgan fingerprint density at radius 2 is 1.64 bits per heavy atom. The molecule has 1 atom stereocenters. The van der Waals surface area contributed by atoms with Crippen LogP contribution in [0.1, 0.15) is 28.3 Å². The normalized spacial score (nSPS) is 17.1. The van der Waals surface area contributed by atoms with E-state index >= 15 is 0 Å². The highest BCUT2D eigenvalue weighted by molar-refractivity contribution is 6.46. The summed E-state index contributed by atoms with van der Waals surface area (Å²) in [5.74, 6) is -0.940. The molecule has 0 bridgehead atoms. The fourth-order valence-corrected chi connectivity index (χ4v) is 4.22. The second-order valence-corrected chi connectivity index (χ2v) is 9.13. The van der Waals surface area contributed by atoms with Crippen LogP contribution in [0.5, 0.6) is 11.5 Å². The standard InChI is InChI=1S/C29H30N2O5/c1-19-6-4-5-7-22(19)18-36-24-14-10-21(11-15-24)27(33)25-26(20-8-12-23(32)13-9-20)31(17-16-30(2)3)29(35)28(25)34/h4-15,26,32-33H,16-18H2,1-3H3/t26-/m1/s1. The molecule has 36 heavy (non-hydrogen) atoms. The second kappa shape index (κ2) is 10.7. The third kappa shape index (κ3) is 5.26. The van der Waals surface area contributed by atoms with Crippen molar-refractivity contribution in [3.05, 3.63) is 101 Å². The van der Waals surface area contributed by atoms with E-state index in [0.29, 0.717) is 36.6 Å². The van der Waals surface area contributed by atoms with Crippen LogP contribution in [0.2, 0.25) is 0 Å². The van der Waals surface area contributed by atoms with Crippen LogP contribution in [0, 0.1) is 6.92 Å². The van der Waals surface area contributed by atoms with Crippen molar-refractivity contribution in [3.63, 3.8) is 0 Å². The van der Waals surface area contributed by atoms with Gasteiger partial charge in [0.1, 0.15) is 23.9 Å². The summed E-state index contributed by atoms with van der Waals surface area (Å²) in [6.07, 6.45) is 0. The molecule has 0 saturated carbocycles. The first-order chi connectivity index (χ1) is 17.3. The molecule has 186 valence electrons. The number of amides is 1. The first-order valence-corrected chi connectivity index (χ1v) is 11.8. The first-order valence-electron chi connectivity index (χ1n) is 11.8. The Hall–Kier alpha value is -4.10. The highest BCUT2D eigenvalue weighted by Crippen LogP contribution is 2.39. The number of rotatable bonds is 8. The molecule has 1 aliphatic heterocycles. The summed E-state index contributed by atoms with van der Waals surface area (Å²) in [6, 6.07) is 20.3. The van der Waals surface area contributed by atoms with Gasteiger partial charge in [-0.05, 0) is 74.1 Å². The lowest BCUT2D eigenvalue weighted by molar-refractivity contribution is -0.140. The highest BCUT2D eigenvalue weighted by Gasteiger charge is 2.45. The van der Waals surface area contributed by atoms with Gasteiger partial charge in [0.2, 0.25) is 0 Å². The predicted octanol–water partition coefficient (Wildman–Crippen LogP) is 4.26. The second-order valence-electron chi connectivity index (χ2n) is 9.13. The lowest BCUT2D eigenvalue weighted by Gasteiger charge is -2.26. The molecule has 3 aromatic carbocycles. The Balaban J connectivity index is 1.64. The van der Waals surface area contributed by atoms with Crippen molar-refractivity contribution in [2.75, 3.05) is 27.2 Å². The van der Waals surface area contributed by atoms with Crippen LogP contribution in [-0.4, -0.2) is 58.9 Å². The van der Waals surface area contributed by atoms with Gasteiger partial charge >= 0.3 is 0 Å². The summed E-state index contributed by atoms with van der Waals surface area (Å²) in [6.45, 7) is 3.30. The number of ketones is 1. The lowest BCUT2D eigenvalue weighted by Crippen LogP contribution is -2.35. The van der Waals surface area contributed by atoms with Crippen molar-refractivity contribution in [1.82, 2.24) is 9.80 Å². The zero-order valence-corrected chi connectivity index (χ0v) is 20.6. The number of likely N-dealkylation sites (tertiary alicyclic amines) is 1. The van der Waals surface area contributed by atoms with Crippen molar-refractivity contribution in [2.45, 2.75) is 19.6 Å². The van der Waals surface area contributed by atoms with Crippen LogP contribution in [-0.2, 0) is 16.2 Å². The fourth-order valence-electron chi connectivity index (χ4n) is 4.22. The van der Waals surface area contributed by atoms with Crippen molar-refractivity contribution < 1.29 is 24.5 Å². The molecule has 3 aromatic rings. The van der Waals surface area contributed by atoms with E-state index in [1.807, 2.05) is 50.2 Å². The number of carbonyl (C=O) groups excluding carboxylic acids is 2. The maximum Gasteiger partial charge on any atom is 0.295 e. The molecule has 7 heteroatoms. The molecule has 1 amide bonds. The van der Waals surface area contributed by atoms with Crippen molar-refractivity contribution >= 4 is 17.4 Å². The zero-order valence-electron chi connectivity index (χ0n) is 20.6. The molecule has 1 saturated heterocycles. The number of nitrogens with zero attached hydrogens (tertiary/aromatic N) is 2. The van der Waals surface area contributed by atoms with Gasteiger partial charge < -0.3 is 24.7 Å². The number of aliphatic hydroxyl groups excluding tert-OH is 1. The number of Topliss-reactive ketones (excluding diaryl/α,β-unsaturated/α-hetero) is 1. The summed E-state index contributed by atoms with van der Waals surface area (Å²) in [4.78, 5) is 29.4. The van der Waals surface area contributed by atoms with E-state index in [2.05, 4.69) is 0 Å². The summed E-state index contributed by atoms with van der Waals surface area (Å²) in [5, 5.41) is 20.9. The van der Waals surface area contributed by atoms with Gasteiger partial charge in [-0.2, -0.15) is 0 Å². The number of phenols is 1. The first kappa shape index (κ1) is 25.0. The van der Waals surface area contributed by atoms with Crippen LogP contribution in [0.25, 0.3) is 5.76 Å². The largest absolute Gasteiger partial charge is 0.508 e. The molecule has 0 spiro atoms. The summed E-state index contributed by atoms with van der Waals surface area (Å²) in [7, 11) is 3.77. The van der Waals surface area contributed by atoms with Gasteiger partial charge in [-0.25, -0.2) is 0 Å². The van der Waals surface area contributed by atoms with Gasteiger partial charge in [-0.3, -0.25) is 9.59 Å². The minimum Gasteiger partial charge on any atom is -0.508 e. The predicted molar refractivity (Wildman–Crippen MR) is 138 cm³/mol. The Kier molecular flexibility index (Phi) is 7.41. The number of ether oxygens (including phenoxy) is 1. The van der Waals surface area contributed by atoms with Crippen LogP contribution in [0.4, 0.5) is 0 Å². The lowest BCUT2D eigenvalue weighted by atomic mass is 9.95. The molecule has 0 radical (unpaired) electrons. The van der Waals surface area contributed by atoms with Gasteiger partial charge in [0.25, 0.3) is 11.7 Å². The smallest absolute Gasteiger partial charge is 0.295 e. The highest BCUT2D eigenvalue weighted by atomic mass is 16.5. The Labute approximate surface area is 210 Å². The number of hydrogen-bond acceptors (Lipinski definition) is 6. The number of aryl methyl sites for hydroxylation is 1. The molecular weight excluding hydrogens is 456 g/mol. The van der Waals surface area contributed by atoms with E-state index in [1.54, 1.807) is 36.4 Å². The molecule has 0 aromatic heterocycles. The number of benzene rings is 3. The van der Waals surface area contributed by atoms with Gasteiger partial charge in [0.15, 0.2) is 0 Å². The molecule has 2 N–H and O–H groups in total. The van der Waals surface area contributed by atoms with Crippen molar-refractivity contribution in [2.24, 2.45) is 0 Å². The summed E-state index contributed by atoms with van der Waals surface area (Å²) >= 11 is 0. The van der Waals surface area contributed by atoms with E-state index in [0.717, 1.165) is 11.1 Å². The number of hydrogen-bond donors (Lipinski definition) is 2. The SMILES string of the molecule is Cc1ccccc1COc1ccc(C(O)=C2C(=O)C(=O)N(CCN(C)C)[C@@H]2c2ccc(O)cc2)cc1. The Morgan fingerprint density at radius 1 is 0.972 bits per heavy atom. The summed E-state index contributed by atoms with van der Waals surface area (Å²) < 4.78 is 5.89. The Morgan fingerprint density at radius 3 is 2.28 bits per heavy atom. The van der Waals surface area contributed by atoms with Crippen LogP contribution in [0.15, 0.2) is 78.4 Å². The van der Waals surface area contributed by atoms with E-state index in [1.165, 1.54) is 17.0 Å². The third-order valence-electron chi connectivity index (χ3n) is 6.32. The number of aromatic hydroxyl groups is 1. The topological polar surface area (TPSA) is 90.3 Å². The van der Waals surface area contributed by atoms with Crippen LogP contribution >= 0.6 is 0 Å². The molecule has 1 fully saturated rings. The monoisotopic (exact) mass is 486 g/mol. The fraction of sp³-hybridized carbons (Fsp3) is 0.241. The third-order valence-corrected chi connectivity index (χ3v) is 6.32. The molecule has 7 nitrogen and oxygen atoms in total. The molecule has 0 unspecified atom stereocenters. The number of phenolic OH excluding ortho intramolecular Hbond substituents is 1. The molecule has 0 aliphatic carbocycles. The van der Waals surface area contributed by atoms with E-state index in [4.69, 9.17) is 4.74 Å². The van der Waals surface area contributed by atoms with E-state index in [-0.39, 0.29) is 17.1 Å². The Bertz CT molecular complexity index is 1280. The van der Waals surface area contributed by atoms with Crippen LogP contribution < -0.4 is 4.74 Å². The van der Waals surface area contributed by atoms with Gasteiger partial charge in [0.05, 0.1) is 11.6 Å². The number of carbonyl (C=O) groups is 2. The van der Waals surface area contributed by atoms with E-state index < -0.39 is 17.7 Å². The van der Waals surface area contributed by atoms with Gasteiger partial charge in [-0.15, -0.1) is 0 Å². The quantitative estimate of drug-likeness (QED) is 0.281. The molecule has 1 aliphatic rings. The molecule has 4 rings (SSSR count). The van der Waals surface area contributed by atoms with Crippen molar-refractivity contribution in [1.29, 1.82) is 0 Å². The molecule has 1 heterocycles. The maximum atomic E-state index is 13.1.